The Balaban J connectivity index is 1.36. The van der Waals surface area contributed by atoms with Crippen molar-refractivity contribution in [1.82, 2.24) is 14.0 Å². The summed E-state index contributed by atoms with van der Waals surface area (Å²) >= 11 is 3.14. The fourth-order valence-electron chi connectivity index (χ4n) is 5.66. The second-order valence-electron chi connectivity index (χ2n) is 10.0. The van der Waals surface area contributed by atoms with Gasteiger partial charge in [0.1, 0.15) is 5.00 Å². The summed E-state index contributed by atoms with van der Waals surface area (Å²) in [6.07, 6.45) is 6.14. The van der Waals surface area contributed by atoms with E-state index >= 15 is 0 Å². The molecule has 0 saturated heterocycles. The monoisotopic (exact) mass is 550 g/mol. The van der Waals surface area contributed by atoms with Crippen LogP contribution in [0, 0.1) is 13.8 Å². The first-order valence-electron chi connectivity index (χ1n) is 13.1. The Labute approximate surface area is 232 Å². The van der Waals surface area contributed by atoms with Gasteiger partial charge in [-0.05, 0) is 87.1 Å². The third-order valence-electron chi connectivity index (χ3n) is 7.52. The molecule has 0 fully saturated rings. The number of hydrogen-bond acceptors (Lipinski definition) is 5. The molecule has 4 aromatic heterocycles. The average molecular weight is 551 g/mol. The predicted octanol–water partition coefficient (Wildman–Crippen LogP) is 6.06. The van der Waals surface area contributed by atoms with Crippen LogP contribution in [-0.4, -0.2) is 19.9 Å². The number of thiophene rings is 1. The largest absolute Gasteiger partial charge is 0.322 e. The highest BCUT2D eigenvalue weighted by Crippen LogP contribution is 2.39. The van der Waals surface area contributed by atoms with E-state index < -0.39 is 0 Å². The molecular weight excluding hydrogens is 525 g/mol. The Morgan fingerprint density at radius 1 is 1.00 bits per heavy atom. The average Bonchev–Trinajstić information content (AvgIpc) is 3.65. The highest BCUT2D eigenvalue weighted by atomic mass is 32.1. The van der Waals surface area contributed by atoms with E-state index in [4.69, 9.17) is 0 Å². The van der Waals surface area contributed by atoms with E-state index in [0.29, 0.717) is 9.49 Å². The maximum absolute atomic E-state index is 13.7. The molecule has 0 unspecified atom stereocenters. The molecule has 0 atom stereocenters. The van der Waals surface area contributed by atoms with Crippen LogP contribution in [0.5, 0.6) is 0 Å². The topological polar surface area (TPSA) is 68.4 Å². The third-order valence-corrected chi connectivity index (χ3v) is 9.76. The maximum Gasteiger partial charge on any atom is 0.274 e. The molecule has 1 aliphatic rings. The number of anilines is 1. The minimum atomic E-state index is -0.0677. The molecule has 6 aromatic rings. The summed E-state index contributed by atoms with van der Waals surface area (Å²) < 4.78 is 4.54. The molecule has 0 saturated carbocycles. The van der Waals surface area contributed by atoms with E-state index in [1.54, 1.807) is 15.7 Å². The molecule has 194 valence electrons. The lowest BCUT2D eigenvalue weighted by molar-refractivity contribution is 0.102. The van der Waals surface area contributed by atoms with E-state index in [2.05, 4.69) is 34.8 Å². The Hall–Kier alpha value is -4.01. The highest BCUT2D eigenvalue weighted by molar-refractivity contribution is 7.15. The predicted molar refractivity (Wildman–Crippen MR) is 160 cm³/mol. The zero-order valence-corrected chi connectivity index (χ0v) is 23.3. The SMILES string of the molecule is Cc1cc(/C=c2\sc3nc4ccccc4n3c2=O)c(C)n1-c1sc2c(c1C(=O)Nc1ccccc1)CCCC2. The number of thiazole rings is 1. The van der Waals surface area contributed by atoms with Gasteiger partial charge in [0.05, 0.1) is 21.1 Å². The molecule has 1 amide bonds. The zero-order valence-electron chi connectivity index (χ0n) is 21.7. The van der Waals surface area contributed by atoms with Crippen LogP contribution in [0.3, 0.4) is 0 Å². The minimum Gasteiger partial charge on any atom is -0.322 e. The maximum atomic E-state index is 13.7. The lowest BCUT2D eigenvalue weighted by Gasteiger charge is -2.14. The smallest absolute Gasteiger partial charge is 0.274 e. The molecule has 1 aliphatic carbocycles. The summed E-state index contributed by atoms with van der Waals surface area (Å²) in [6.45, 7) is 4.13. The van der Waals surface area contributed by atoms with Gasteiger partial charge in [-0.15, -0.1) is 11.3 Å². The van der Waals surface area contributed by atoms with Crippen LogP contribution in [0.15, 0.2) is 65.5 Å². The Morgan fingerprint density at radius 3 is 2.62 bits per heavy atom. The van der Waals surface area contributed by atoms with Crippen molar-refractivity contribution in [2.75, 3.05) is 5.32 Å². The van der Waals surface area contributed by atoms with Gasteiger partial charge in [-0.3, -0.25) is 9.59 Å². The molecule has 6 nitrogen and oxygen atoms in total. The van der Waals surface area contributed by atoms with Crippen LogP contribution < -0.4 is 15.4 Å². The van der Waals surface area contributed by atoms with Crippen LogP contribution in [0.4, 0.5) is 5.69 Å². The number of rotatable bonds is 4. The fourth-order valence-corrected chi connectivity index (χ4v) is 8.13. The number of hydrogen-bond donors (Lipinski definition) is 1. The number of imidazole rings is 1. The lowest BCUT2D eigenvalue weighted by atomic mass is 9.95. The molecule has 7 rings (SSSR count). The molecule has 0 radical (unpaired) electrons. The van der Waals surface area contributed by atoms with Crippen molar-refractivity contribution in [2.45, 2.75) is 39.5 Å². The van der Waals surface area contributed by atoms with Crippen molar-refractivity contribution in [1.29, 1.82) is 0 Å². The van der Waals surface area contributed by atoms with Gasteiger partial charge in [-0.1, -0.05) is 41.7 Å². The number of carbonyl (C=O) groups excluding carboxylic acids is 1. The van der Waals surface area contributed by atoms with Gasteiger partial charge < -0.3 is 9.88 Å². The Bertz CT molecular complexity index is 2010. The van der Waals surface area contributed by atoms with E-state index in [0.717, 1.165) is 69.9 Å². The first-order valence-corrected chi connectivity index (χ1v) is 14.7. The second-order valence-corrected chi connectivity index (χ2v) is 12.1. The Kier molecular flexibility index (Phi) is 5.75. The molecular formula is C31H26N4O2S2. The fraction of sp³-hybridized carbons (Fsp3) is 0.194. The standard InChI is InChI=1S/C31H26N4O2S2/c1-18-16-20(17-26-29(37)35-24-14-8-7-13-23(24)33-31(35)39-26)19(2)34(18)30-27(22-12-6-9-15-25(22)38-30)28(36)32-21-10-4-3-5-11-21/h3-5,7-8,10-11,13-14,16-17H,6,9,12,15H2,1-2H3,(H,32,36)/b26-17-. The van der Waals surface area contributed by atoms with Crippen LogP contribution in [-0.2, 0) is 12.8 Å². The van der Waals surface area contributed by atoms with Crippen molar-refractivity contribution in [3.05, 3.63) is 109 Å². The van der Waals surface area contributed by atoms with Crippen molar-refractivity contribution < 1.29 is 4.79 Å². The molecule has 8 heteroatoms. The summed E-state index contributed by atoms with van der Waals surface area (Å²) in [7, 11) is 0. The number of nitrogens with zero attached hydrogens (tertiary/aromatic N) is 3. The van der Waals surface area contributed by atoms with Gasteiger partial charge >= 0.3 is 0 Å². The van der Waals surface area contributed by atoms with Crippen LogP contribution >= 0.6 is 22.7 Å². The van der Waals surface area contributed by atoms with Gasteiger partial charge in [0.25, 0.3) is 11.5 Å². The van der Waals surface area contributed by atoms with Crippen LogP contribution in [0.2, 0.25) is 0 Å². The summed E-state index contributed by atoms with van der Waals surface area (Å²) in [5.74, 6) is -0.0677. The summed E-state index contributed by atoms with van der Waals surface area (Å²) in [4.78, 5) is 33.7. The summed E-state index contributed by atoms with van der Waals surface area (Å²) in [5, 5.41) is 4.08. The number of benzene rings is 2. The van der Waals surface area contributed by atoms with Gasteiger partial charge in [0, 0.05) is 22.0 Å². The molecule has 4 heterocycles. The first-order chi connectivity index (χ1) is 19.0. The quantitative estimate of drug-likeness (QED) is 0.290. The molecule has 39 heavy (non-hydrogen) atoms. The Morgan fingerprint density at radius 2 is 1.77 bits per heavy atom. The number of amides is 1. The molecule has 0 spiro atoms. The van der Waals surface area contributed by atoms with Gasteiger partial charge in [-0.2, -0.15) is 0 Å². The van der Waals surface area contributed by atoms with Crippen LogP contribution in [0.1, 0.15) is 50.6 Å². The molecule has 0 bridgehead atoms. The van der Waals surface area contributed by atoms with E-state index in [1.165, 1.54) is 21.8 Å². The number of para-hydroxylation sites is 3. The first kappa shape index (κ1) is 24.1. The van der Waals surface area contributed by atoms with Crippen LogP contribution in [0.25, 0.3) is 27.1 Å². The normalized spacial score (nSPS) is 13.8. The molecule has 2 aromatic carbocycles. The van der Waals surface area contributed by atoms with E-state index in [9.17, 15) is 9.59 Å². The van der Waals surface area contributed by atoms with Crippen molar-refractivity contribution >= 4 is 56.3 Å². The number of aromatic nitrogens is 3. The molecule has 1 N–H and O–H groups in total. The third kappa shape index (κ3) is 3.94. The van der Waals surface area contributed by atoms with Crippen molar-refractivity contribution in [3.8, 4) is 5.00 Å². The minimum absolute atomic E-state index is 0.0528. The van der Waals surface area contributed by atoms with E-state index in [-0.39, 0.29) is 11.5 Å². The van der Waals surface area contributed by atoms with Crippen molar-refractivity contribution in [2.24, 2.45) is 0 Å². The van der Waals surface area contributed by atoms with E-state index in [1.807, 2.05) is 60.7 Å². The summed E-state index contributed by atoms with van der Waals surface area (Å²) in [6, 6.07) is 19.4. The van der Waals surface area contributed by atoms with Gasteiger partial charge in [0.2, 0.25) is 0 Å². The number of nitrogens with one attached hydrogen (secondary N) is 1. The molecule has 0 aliphatic heterocycles. The number of aryl methyl sites for hydroxylation is 2. The zero-order chi connectivity index (χ0) is 26.7. The number of carbonyl (C=O) groups is 1. The second kappa shape index (κ2) is 9.32. The number of fused-ring (bicyclic) bond motifs is 4. The summed E-state index contributed by atoms with van der Waals surface area (Å²) in [5.41, 5.74) is 7.36. The van der Waals surface area contributed by atoms with Crippen molar-refractivity contribution in [3.63, 3.8) is 0 Å². The van der Waals surface area contributed by atoms with Gasteiger partial charge in [-0.25, -0.2) is 9.38 Å². The van der Waals surface area contributed by atoms with Gasteiger partial charge in [0.15, 0.2) is 4.96 Å². The lowest BCUT2D eigenvalue weighted by Crippen LogP contribution is -2.22. The highest BCUT2D eigenvalue weighted by Gasteiger charge is 2.28.